The molecule has 0 radical (unpaired) electrons. The molecule has 1 atom stereocenters. The summed E-state index contributed by atoms with van der Waals surface area (Å²) in [5, 5.41) is 2.94. The molecule has 0 fully saturated rings. The number of carbonyl (C=O) groups is 1. The fraction of sp³-hybridized carbons (Fsp3) is 0.533. The number of hydrogen-bond acceptors (Lipinski definition) is 3. The van der Waals surface area contributed by atoms with Crippen molar-refractivity contribution in [3.8, 4) is 5.75 Å². The van der Waals surface area contributed by atoms with E-state index < -0.39 is 5.54 Å². The summed E-state index contributed by atoms with van der Waals surface area (Å²) in [5.74, 6) is 0.931. The minimum absolute atomic E-state index is 0.366. The maximum absolute atomic E-state index is 11.3. The number of carbonyl (C=O) groups excluding carboxylic acids is 1. The number of nitrogens with two attached hydrogens (primary N) is 1. The monoisotopic (exact) mass is 264 g/mol. The summed E-state index contributed by atoms with van der Waals surface area (Å²) in [7, 11) is 1.73. The van der Waals surface area contributed by atoms with Gasteiger partial charge in [-0.2, -0.15) is 0 Å². The first-order valence-corrected chi connectivity index (χ1v) is 6.60. The summed E-state index contributed by atoms with van der Waals surface area (Å²) < 4.78 is 5.70. The number of ether oxygens (including phenoxy) is 1. The lowest BCUT2D eigenvalue weighted by molar-refractivity contribution is -0.124. The van der Waals surface area contributed by atoms with Gasteiger partial charge in [0.05, 0.1) is 12.1 Å². The van der Waals surface area contributed by atoms with Gasteiger partial charge in [-0.1, -0.05) is 26.0 Å². The zero-order chi connectivity index (χ0) is 14.5. The Bertz CT molecular complexity index is 432. The van der Waals surface area contributed by atoms with Gasteiger partial charge in [0.25, 0.3) is 0 Å². The lowest BCUT2D eigenvalue weighted by Gasteiger charge is -2.25. The summed E-state index contributed by atoms with van der Waals surface area (Å²) in [6.07, 6.45) is 0.532. The van der Waals surface area contributed by atoms with E-state index in [1.54, 1.807) is 14.0 Å². The van der Waals surface area contributed by atoms with Crippen molar-refractivity contribution in [2.45, 2.75) is 38.6 Å². The third-order valence-electron chi connectivity index (χ3n) is 3.49. The molecule has 4 nitrogen and oxygen atoms in total. The van der Waals surface area contributed by atoms with Crippen molar-refractivity contribution < 1.29 is 9.53 Å². The van der Waals surface area contributed by atoms with Crippen LogP contribution in [0.4, 0.5) is 0 Å². The zero-order valence-corrected chi connectivity index (χ0v) is 12.2. The van der Waals surface area contributed by atoms with Crippen LogP contribution in [-0.4, -0.2) is 25.1 Å². The Morgan fingerprint density at radius 3 is 2.68 bits per heavy atom. The summed E-state index contributed by atoms with van der Waals surface area (Å²) >= 11 is 0. The molecule has 0 aromatic heterocycles. The number of benzene rings is 1. The van der Waals surface area contributed by atoms with Gasteiger partial charge in [0.15, 0.2) is 0 Å². The Hall–Kier alpha value is -1.55. The quantitative estimate of drug-likeness (QED) is 0.792. The zero-order valence-electron chi connectivity index (χ0n) is 12.2. The number of primary amides is 1. The Kier molecular flexibility index (Phi) is 5.36. The standard InChI is InChI=1S/C15H24N2O2/c1-11(2)12-6-5-7-13(10-12)19-9-8-15(3,17-4)14(16)18/h5-7,10-11,17H,8-9H2,1-4H3,(H2,16,18). The van der Waals surface area contributed by atoms with E-state index in [0.717, 1.165) is 5.75 Å². The largest absolute Gasteiger partial charge is 0.494 e. The molecule has 0 saturated heterocycles. The van der Waals surface area contributed by atoms with Crippen LogP contribution in [0.5, 0.6) is 5.75 Å². The summed E-state index contributed by atoms with van der Waals surface area (Å²) in [4.78, 5) is 11.3. The molecule has 0 saturated carbocycles. The van der Waals surface area contributed by atoms with Crippen molar-refractivity contribution in [2.75, 3.05) is 13.7 Å². The molecule has 0 aliphatic heterocycles. The fourth-order valence-corrected chi connectivity index (χ4v) is 1.71. The van der Waals surface area contributed by atoms with Crippen LogP contribution in [0.2, 0.25) is 0 Å². The lowest BCUT2D eigenvalue weighted by Crippen LogP contribution is -2.52. The van der Waals surface area contributed by atoms with E-state index in [2.05, 4.69) is 25.2 Å². The van der Waals surface area contributed by atoms with Gasteiger partial charge >= 0.3 is 0 Å². The summed E-state index contributed by atoms with van der Waals surface area (Å²) in [5.41, 5.74) is 5.88. The van der Waals surface area contributed by atoms with Gasteiger partial charge in [-0.15, -0.1) is 0 Å². The molecule has 4 heteroatoms. The highest BCUT2D eigenvalue weighted by molar-refractivity contribution is 5.84. The Morgan fingerprint density at radius 1 is 1.47 bits per heavy atom. The smallest absolute Gasteiger partial charge is 0.237 e. The molecule has 3 N–H and O–H groups in total. The topological polar surface area (TPSA) is 64.3 Å². The molecule has 0 bridgehead atoms. The van der Waals surface area contributed by atoms with Gasteiger partial charge in [0.1, 0.15) is 5.75 Å². The van der Waals surface area contributed by atoms with Crippen LogP contribution in [-0.2, 0) is 4.79 Å². The van der Waals surface area contributed by atoms with Crippen molar-refractivity contribution in [2.24, 2.45) is 5.73 Å². The molecule has 1 amide bonds. The number of nitrogens with one attached hydrogen (secondary N) is 1. The highest BCUT2D eigenvalue weighted by atomic mass is 16.5. The Labute approximate surface area is 115 Å². The first-order chi connectivity index (χ1) is 8.89. The molecule has 106 valence electrons. The molecule has 0 spiro atoms. The van der Waals surface area contributed by atoms with Crippen LogP contribution in [0.3, 0.4) is 0 Å². The first-order valence-electron chi connectivity index (χ1n) is 6.60. The maximum Gasteiger partial charge on any atom is 0.237 e. The molecule has 0 aliphatic carbocycles. The van der Waals surface area contributed by atoms with Crippen molar-refractivity contribution in [1.29, 1.82) is 0 Å². The Morgan fingerprint density at radius 2 is 2.16 bits per heavy atom. The predicted molar refractivity (Wildman–Crippen MR) is 77.3 cm³/mol. The molecule has 1 aromatic carbocycles. The van der Waals surface area contributed by atoms with E-state index in [0.29, 0.717) is 18.9 Å². The van der Waals surface area contributed by atoms with E-state index in [1.807, 2.05) is 18.2 Å². The number of likely N-dealkylation sites (N-methyl/N-ethyl adjacent to an activating group) is 1. The lowest BCUT2D eigenvalue weighted by atomic mass is 9.98. The van der Waals surface area contributed by atoms with Crippen LogP contribution in [0.15, 0.2) is 24.3 Å². The van der Waals surface area contributed by atoms with E-state index >= 15 is 0 Å². The minimum atomic E-state index is -0.727. The molecular formula is C15H24N2O2. The molecule has 19 heavy (non-hydrogen) atoms. The second-order valence-electron chi connectivity index (χ2n) is 5.27. The predicted octanol–water partition coefficient (Wildman–Crippen LogP) is 2.04. The van der Waals surface area contributed by atoms with Crippen LogP contribution < -0.4 is 15.8 Å². The van der Waals surface area contributed by atoms with Crippen molar-refractivity contribution in [1.82, 2.24) is 5.32 Å². The average Bonchev–Trinajstić information content (AvgIpc) is 2.38. The van der Waals surface area contributed by atoms with Crippen molar-refractivity contribution >= 4 is 5.91 Å². The number of hydrogen-bond donors (Lipinski definition) is 2. The maximum atomic E-state index is 11.3. The van der Waals surface area contributed by atoms with Gasteiger partial charge in [-0.05, 0) is 37.6 Å². The SMILES string of the molecule is CNC(C)(CCOc1cccc(C(C)C)c1)C(N)=O. The summed E-state index contributed by atoms with van der Waals surface area (Å²) in [6, 6.07) is 8.02. The molecule has 1 unspecified atom stereocenters. The minimum Gasteiger partial charge on any atom is -0.494 e. The molecule has 1 aromatic rings. The molecule has 0 aliphatic rings. The van der Waals surface area contributed by atoms with Gasteiger partial charge < -0.3 is 15.8 Å². The third kappa shape index (κ3) is 4.24. The fourth-order valence-electron chi connectivity index (χ4n) is 1.71. The normalized spacial score (nSPS) is 14.2. The van der Waals surface area contributed by atoms with Crippen LogP contribution in [0, 0.1) is 0 Å². The van der Waals surface area contributed by atoms with E-state index in [-0.39, 0.29) is 5.91 Å². The van der Waals surface area contributed by atoms with E-state index in [1.165, 1.54) is 5.56 Å². The first kappa shape index (κ1) is 15.5. The molecule has 0 heterocycles. The number of rotatable bonds is 7. The second-order valence-corrected chi connectivity index (χ2v) is 5.27. The van der Waals surface area contributed by atoms with Gasteiger partial charge in [0, 0.05) is 6.42 Å². The van der Waals surface area contributed by atoms with E-state index in [9.17, 15) is 4.79 Å². The van der Waals surface area contributed by atoms with Gasteiger partial charge in [0.2, 0.25) is 5.91 Å². The highest BCUT2D eigenvalue weighted by Gasteiger charge is 2.28. The van der Waals surface area contributed by atoms with Gasteiger partial charge in [-0.25, -0.2) is 0 Å². The van der Waals surface area contributed by atoms with Crippen molar-refractivity contribution in [3.63, 3.8) is 0 Å². The average molecular weight is 264 g/mol. The highest BCUT2D eigenvalue weighted by Crippen LogP contribution is 2.20. The van der Waals surface area contributed by atoms with Crippen LogP contribution in [0.25, 0.3) is 0 Å². The van der Waals surface area contributed by atoms with Crippen LogP contribution >= 0.6 is 0 Å². The van der Waals surface area contributed by atoms with Crippen LogP contribution in [0.1, 0.15) is 38.7 Å². The number of amides is 1. The van der Waals surface area contributed by atoms with Gasteiger partial charge in [-0.3, -0.25) is 4.79 Å². The molecule has 1 rings (SSSR count). The Balaban J connectivity index is 2.58. The second kappa shape index (κ2) is 6.57. The summed E-state index contributed by atoms with van der Waals surface area (Å²) in [6.45, 7) is 6.51. The third-order valence-corrected chi connectivity index (χ3v) is 3.49. The molecular weight excluding hydrogens is 240 g/mol. The van der Waals surface area contributed by atoms with E-state index in [4.69, 9.17) is 10.5 Å². The van der Waals surface area contributed by atoms with Crippen molar-refractivity contribution in [3.05, 3.63) is 29.8 Å².